The van der Waals surface area contributed by atoms with Crippen LogP contribution in [-0.4, -0.2) is 46.2 Å². The SMILES string of the molecule is CCCCC[C@@](C)(O)C=CC1C(O)CC(O)C1CC=C=CCCC(=O)OC. The number of methoxy groups -OCH3 is 1. The summed E-state index contributed by atoms with van der Waals surface area (Å²) in [5.74, 6) is -0.548. The Bertz CT molecular complexity index is 531. The number of carbonyl (C=O) groups is 1. The van der Waals surface area contributed by atoms with Gasteiger partial charge in [-0.05, 0) is 44.3 Å². The van der Waals surface area contributed by atoms with E-state index in [4.69, 9.17) is 0 Å². The topological polar surface area (TPSA) is 87.0 Å². The van der Waals surface area contributed by atoms with Gasteiger partial charge in [0.15, 0.2) is 0 Å². The molecule has 1 aliphatic rings. The predicted octanol–water partition coefficient (Wildman–Crippen LogP) is 3.29. The molecule has 0 bridgehead atoms. The number of aliphatic hydroxyl groups excluding tert-OH is 2. The van der Waals surface area contributed by atoms with Gasteiger partial charge in [0.05, 0.1) is 24.9 Å². The Kier molecular flexibility index (Phi) is 10.6. The van der Waals surface area contributed by atoms with Crippen LogP contribution in [0.5, 0.6) is 0 Å². The largest absolute Gasteiger partial charge is 0.469 e. The molecule has 0 aromatic carbocycles. The van der Waals surface area contributed by atoms with Crippen molar-refractivity contribution in [2.45, 2.75) is 83.0 Å². The molecule has 0 radical (unpaired) electrons. The maximum absolute atomic E-state index is 11.0. The maximum atomic E-state index is 11.0. The van der Waals surface area contributed by atoms with Crippen molar-refractivity contribution in [3.63, 3.8) is 0 Å². The van der Waals surface area contributed by atoms with Gasteiger partial charge in [-0.2, -0.15) is 0 Å². The van der Waals surface area contributed by atoms with Gasteiger partial charge >= 0.3 is 5.97 Å². The van der Waals surface area contributed by atoms with Crippen LogP contribution in [0.4, 0.5) is 0 Å². The van der Waals surface area contributed by atoms with Crippen molar-refractivity contribution in [2.24, 2.45) is 11.8 Å². The van der Waals surface area contributed by atoms with Gasteiger partial charge in [0, 0.05) is 18.8 Å². The van der Waals surface area contributed by atoms with Gasteiger partial charge < -0.3 is 20.1 Å². The lowest BCUT2D eigenvalue weighted by atomic mass is 9.88. The van der Waals surface area contributed by atoms with E-state index < -0.39 is 17.8 Å². The zero-order chi connectivity index (χ0) is 20.3. The van der Waals surface area contributed by atoms with E-state index in [1.54, 1.807) is 19.1 Å². The second-order valence-electron chi connectivity index (χ2n) is 7.71. The highest BCUT2D eigenvalue weighted by Gasteiger charge is 2.39. The van der Waals surface area contributed by atoms with Gasteiger partial charge in [-0.1, -0.05) is 38.3 Å². The first-order valence-electron chi connectivity index (χ1n) is 10.0. The van der Waals surface area contributed by atoms with Crippen LogP contribution in [0.15, 0.2) is 30.0 Å². The first-order valence-corrected chi connectivity index (χ1v) is 10.0. The molecule has 1 saturated carbocycles. The van der Waals surface area contributed by atoms with Crippen molar-refractivity contribution in [1.82, 2.24) is 0 Å². The third kappa shape index (κ3) is 8.89. The number of unbranched alkanes of at least 4 members (excludes halogenated alkanes) is 2. The molecule has 0 spiro atoms. The summed E-state index contributed by atoms with van der Waals surface area (Å²) < 4.78 is 4.58. The van der Waals surface area contributed by atoms with Gasteiger partial charge in [-0.3, -0.25) is 4.79 Å². The predicted molar refractivity (Wildman–Crippen MR) is 106 cm³/mol. The first kappa shape index (κ1) is 23.6. The molecule has 27 heavy (non-hydrogen) atoms. The van der Waals surface area contributed by atoms with Crippen LogP contribution in [0.1, 0.15) is 65.2 Å². The molecule has 5 heteroatoms. The number of esters is 1. The lowest BCUT2D eigenvalue weighted by Gasteiger charge is -2.23. The Labute approximate surface area is 163 Å². The Morgan fingerprint density at radius 3 is 2.67 bits per heavy atom. The molecular formula is C22H36O5. The Hall–Kier alpha value is -1.39. The minimum atomic E-state index is -0.892. The van der Waals surface area contributed by atoms with Crippen molar-refractivity contribution >= 4 is 5.97 Å². The van der Waals surface area contributed by atoms with Gasteiger partial charge in [-0.25, -0.2) is 0 Å². The fourth-order valence-electron chi connectivity index (χ4n) is 3.50. The highest BCUT2D eigenvalue weighted by atomic mass is 16.5. The molecular weight excluding hydrogens is 344 g/mol. The van der Waals surface area contributed by atoms with Gasteiger partial charge in [0.25, 0.3) is 0 Å². The van der Waals surface area contributed by atoms with E-state index in [0.717, 1.165) is 19.3 Å². The number of carbonyl (C=O) groups excluding carboxylic acids is 1. The second kappa shape index (κ2) is 12.1. The van der Waals surface area contributed by atoms with E-state index in [1.807, 2.05) is 12.2 Å². The third-order valence-electron chi connectivity index (χ3n) is 5.23. The van der Waals surface area contributed by atoms with Crippen LogP contribution in [0.3, 0.4) is 0 Å². The number of aliphatic hydroxyl groups is 3. The quantitative estimate of drug-likeness (QED) is 0.222. The van der Waals surface area contributed by atoms with E-state index >= 15 is 0 Å². The third-order valence-corrected chi connectivity index (χ3v) is 5.23. The fraction of sp³-hybridized carbons (Fsp3) is 0.727. The van der Waals surface area contributed by atoms with E-state index in [-0.39, 0.29) is 17.8 Å². The summed E-state index contributed by atoms with van der Waals surface area (Å²) in [4.78, 5) is 11.0. The Morgan fingerprint density at radius 2 is 2.00 bits per heavy atom. The minimum Gasteiger partial charge on any atom is -0.469 e. The molecule has 1 aliphatic carbocycles. The molecule has 1 fully saturated rings. The number of hydrogen-bond donors (Lipinski definition) is 3. The monoisotopic (exact) mass is 380 g/mol. The first-order chi connectivity index (χ1) is 12.8. The van der Waals surface area contributed by atoms with Crippen LogP contribution < -0.4 is 0 Å². The maximum Gasteiger partial charge on any atom is 0.305 e. The second-order valence-corrected chi connectivity index (χ2v) is 7.71. The number of allylic oxidation sites excluding steroid dienone is 1. The zero-order valence-electron chi connectivity index (χ0n) is 16.9. The molecule has 0 amide bonds. The average molecular weight is 381 g/mol. The summed E-state index contributed by atoms with van der Waals surface area (Å²) in [6.07, 6.45) is 11.7. The lowest BCUT2D eigenvalue weighted by molar-refractivity contribution is -0.140. The zero-order valence-corrected chi connectivity index (χ0v) is 16.9. The molecule has 0 aromatic heterocycles. The average Bonchev–Trinajstić information content (AvgIpc) is 2.89. The molecule has 0 saturated heterocycles. The van der Waals surface area contributed by atoms with Crippen LogP contribution in [0.2, 0.25) is 0 Å². The van der Waals surface area contributed by atoms with Crippen LogP contribution in [0, 0.1) is 11.8 Å². The highest BCUT2D eigenvalue weighted by Crippen LogP contribution is 2.36. The van der Waals surface area contributed by atoms with Gasteiger partial charge in [0.1, 0.15) is 0 Å². The standard InChI is InChI=1S/C22H36O5/c1-4-5-10-14-22(2,26)15-13-18-17(19(23)16-20(18)24)11-8-6-7-9-12-21(25)27-3/h7-8,13,15,17-20,23-24,26H,4-5,9-12,14,16H2,1-3H3/t6?,17?,18?,19?,20?,22-/m1/s1. The van der Waals surface area contributed by atoms with Crippen LogP contribution >= 0.6 is 0 Å². The van der Waals surface area contributed by atoms with Crippen molar-refractivity contribution < 1.29 is 24.9 Å². The molecule has 5 atom stereocenters. The summed E-state index contributed by atoms with van der Waals surface area (Å²) in [6.45, 7) is 3.92. The van der Waals surface area contributed by atoms with Gasteiger partial charge in [-0.15, -0.1) is 5.73 Å². The molecule has 0 aliphatic heterocycles. The van der Waals surface area contributed by atoms with E-state index in [2.05, 4.69) is 17.4 Å². The molecule has 1 rings (SSSR count). The van der Waals surface area contributed by atoms with Crippen molar-refractivity contribution in [2.75, 3.05) is 7.11 Å². The number of rotatable bonds is 11. The normalized spacial score (nSPS) is 27.2. The number of hydrogen-bond acceptors (Lipinski definition) is 5. The highest BCUT2D eigenvalue weighted by molar-refractivity contribution is 5.69. The molecule has 0 aromatic rings. The van der Waals surface area contributed by atoms with Gasteiger partial charge in [0.2, 0.25) is 0 Å². The fourth-order valence-corrected chi connectivity index (χ4v) is 3.50. The summed E-state index contributed by atoms with van der Waals surface area (Å²) >= 11 is 0. The van der Waals surface area contributed by atoms with Crippen molar-refractivity contribution in [3.05, 3.63) is 30.0 Å². The smallest absolute Gasteiger partial charge is 0.305 e. The van der Waals surface area contributed by atoms with Crippen molar-refractivity contribution in [3.8, 4) is 0 Å². The summed E-state index contributed by atoms with van der Waals surface area (Å²) in [5, 5.41) is 31.0. The minimum absolute atomic E-state index is 0.107. The number of ether oxygens (including phenoxy) is 1. The van der Waals surface area contributed by atoms with Crippen molar-refractivity contribution in [1.29, 1.82) is 0 Å². The van der Waals surface area contributed by atoms with Crippen LogP contribution in [0.25, 0.3) is 0 Å². The summed E-state index contributed by atoms with van der Waals surface area (Å²) in [7, 11) is 1.36. The molecule has 5 nitrogen and oxygen atoms in total. The van der Waals surface area contributed by atoms with E-state index in [1.165, 1.54) is 7.11 Å². The molecule has 3 N–H and O–H groups in total. The van der Waals surface area contributed by atoms with E-state index in [9.17, 15) is 20.1 Å². The summed E-state index contributed by atoms with van der Waals surface area (Å²) in [5.41, 5.74) is 2.14. The van der Waals surface area contributed by atoms with Crippen LogP contribution in [-0.2, 0) is 9.53 Å². The van der Waals surface area contributed by atoms with E-state index in [0.29, 0.717) is 32.1 Å². The Morgan fingerprint density at radius 1 is 1.26 bits per heavy atom. The Balaban J connectivity index is 2.62. The summed E-state index contributed by atoms with van der Waals surface area (Å²) in [6, 6.07) is 0. The molecule has 4 unspecified atom stereocenters. The lowest BCUT2D eigenvalue weighted by Crippen LogP contribution is -2.24. The molecule has 154 valence electrons. The molecule has 0 heterocycles.